The number of carbonyl (C=O) groups excluding carboxylic acids is 1. The first-order chi connectivity index (χ1) is 11.4. The maximum atomic E-state index is 12.5. The molecule has 0 saturated carbocycles. The van der Waals surface area contributed by atoms with Gasteiger partial charge in [-0.05, 0) is 23.3 Å². The molecule has 1 N–H and O–H groups in total. The molecule has 4 heteroatoms. The number of nitrogens with one attached hydrogen (secondary N) is 1. The van der Waals surface area contributed by atoms with Crippen molar-refractivity contribution in [2.45, 2.75) is 39.2 Å². The molecular formula is C20H22N2O2. The Morgan fingerprint density at radius 3 is 2.54 bits per heavy atom. The fourth-order valence-corrected chi connectivity index (χ4v) is 2.71. The van der Waals surface area contributed by atoms with Gasteiger partial charge in [-0.1, -0.05) is 68.4 Å². The minimum Gasteiger partial charge on any atom is -0.360 e. The molecule has 0 bridgehead atoms. The molecule has 1 unspecified atom stereocenters. The Labute approximate surface area is 141 Å². The minimum absolute atomic E-state index is 0.126. The smallest absolute Gasteiger partial charge is 0.273 e. The molecule has 0 fully saturated rings. The zero-order valence-corrected chi connectivity index (χ0v) is 14.5. The van der Waals surface area contributed by atoms with Crippen LogP contribution in [0.15, 0.2) is 53.1 Å². The number of fused-ring (bicyclic) bond motifs is 1. The Bertz CT molecular complexity index is 869. The van der Waals surface area contributed by atoms with Crippen molar-refractivity contribution in [1.29, 1.82) is 0 Å². The second-order valence-corrected chi connectivity index (χ2v) is 7.09. The van der Waals surface area contributed by atoms with E-state index in [-0.39, 0.29) is 17.4 Å². The van der Waals surface area contributed by atoms with E-state index in [4.69, 9.17) is 4.52 Å². The summed E-state index contributed by atoms with van der Waals surface area (Å²) >= 11 is 0. The monoisotopic (exact) mass is 322 g/mol. The van der Waals surface area contributed by atoms with Crippen LogP contribution in [-0.4, -0.2) is 11.1 Å². The first kappa shape index (κ1) is 16.2. The van der Waals surface area contributed by atoms with Crippen LogP contribution in [0.1, 0.15) is 55.5 Å². The Morgan fingerprint density at radius 2 is 1.83 bits per heavy atom. The molecule has 1 heterocycles. The fraction of sp³-hybridized carbons (Fsp3) is 0.300. The molecule has 0 radical (unpaired) electrons. The number of hydrogen-bond donors (Lipinski definition) is 1. The lowest BCUT2D eigenvalue weighted by Crippen LogP contribution is -2.27. The van der Waals surface area contributed by atoms with E-state index in [2.05, 4.69) is 28.7 Å². The van der Waals surface area contributed by atoms with Crippen LogP contribution in [0, 0.1) is 0 Å². The van der Waals surface area contributed by atoms with Crippen molar-refractivity contribution < 1.29 is 9.32 Å². The highest BCUT2D eigenvalue weighted by Gasteiger charge is 2.23. The highest BCUT2D eigenvalue weighted by Crippen LogP contribution is 2.25. The molecular weight excluding hydrogens is 300 g/mol. The van der Waals surface area contributed by atoms with Crippen molar-refractivity contribution in [2.75, 3.05) is 0 Å². The lowest BCUT2D eigenvalue weighted by Gasteiger charge is -2.16. The van der Waals surface area contributed by atoms with Crippen LogP contribution < -0.4 is 5.32 Å². The summed E-state index contributed by atoms with van der Waals surface area (Å²) in [5.74, 6) is 0.472. The van der Waals surface area contributed by atoms with Crippen LogP contribution in [0.25, 0.3) is 10.8 Å². The Kier molecular flexibility index (Phi) is 4.14. The number of carbonyl (C=O) groups is 1. The number of hydrogen-bond acceptors (Lipinski definition) is 3. The Hall–Kier alpha value is -2.62. The van der Waals surface area contributed by atoms with E-state index in [1.165, 1.54) is 0 Å². The van der Waals surface area contributed by atoms with Crippen LogP contribution in [0.4, 0.5) is 0 Å². The van der Waals surface area contributed by atoms with Gasteiger partial charge in [-0.3, -0.25) is 4.79 Å². The fourth-order valence-electron chi connectivity index (χ4n) is 2.71. The third kappa shape index (κ3) is 3.18. The van der Waals surface area contributed by atoms with E-state index >= 15 is 0 Å². The maximum Gasteiger partial charge on any atom is 0.273 e. The van der Waals surface area contributed by atoms with Gasteiger partial charge in [0.15, 0.2) is 5.69 Å². The summed E-state index contributed by atoms with van der Waals surface area (Å²) < 4.78 is 5.30. The zero-order valence-electron chi connectivity index (χ0n) is 14.5. The van der Waals surface area contributed by atoms with Crippen LogP contribution in [0.5, 0.6) is 0 Å². The van der Waals surface area contributed by atoms with Crippen molar-refractivity contribution in [3.8, 4) is 0 Å². The molecule has 0 saturated heterocycles. The topological polar surface area (TPSA) is 55.1 Å². The molecule has 3 aromatic rings. The predicted molar refractivity (Wildman–Crippen MR) is 95.0 cm³/mol. The number of amides is 1. The molecule has 1 atom stereocenters. The summed E-state index contributed by atoms with van der Waals surface area (Å²) in [4.78, 5) is 12.5. The number of aromatic nitrogens is 1. The molecule has 1 amide bonds. The van der Waals surface area contributed by atoms with Gasteiger partial charge in [-0.25, -0.2) is 0 Å². The van der Waals surface area contributed by atoms with Crippen LogP contribution in [0.3, 0.4) is 0 Å². The summed E-state index contributed by atoms with van der Waals surface area (Å²) in [6.45, 7) is 8.04. The molecule has 124 valence electrons. The van der Waals surface area contributed by atoms with Gasteiger partial charge in [-0.15, -0.1) is 0 Å². The lowest BCUT2D eigenvalue weighted by atomic mass is 9.93. The second-order valence-electron chi connectivity index (χ2n) is 7.09. The van der Waals surface area contributed by atoms with Crippen molar-refractivity contribution >= 4 is 16.7 Å². The standard InChI is InChI=1S/C20H22N2O2/c1-13(15-11-7-9-14-8-5-6-10-16(14)15)21-19(23)17-12-18(24-22-17)20(2,3)4/h5-13H,1-4H3,(H,21,23). The minimum atomic E-state index is -0.227. The van der Waals surface area contributed by atoms with Crippen molar-refractivity contribution in [2.24, 2.45) is 0 Å². The van der Waals surface area contributed by atoms with Gasteiger partial charge in [-0.2, -0.15) is 0 Å². The van der Waals surface area contributed by atoms with Crippen LogP contribution >= 0.6 is 0 Å². The maximum absolute atomic E-state index is 12.5. The van der Waals surface area contributed by atoms with E-state index < -0.39 is 0 Å². The van der Waals surface area contributed by atoms with Gasteiger partial charge in [0.25, 0.3) is 5.91 Å². The largest absolute Gasteiger partial charge is 0.360 e. The highest BCUT2D eigenvalue weighted by molar-refractivity contribution is 5.93. The molecule has 0 aliphatic heterocycles. The molecule has 4 nitrogen and oxygen atoms in total. The van der Waals surface area contributed by atoms with Crippen LogP contribution in [0.2, 0.25) is 0 Å². The second kappa shape index (κ2) is 6.11. The van der Waals surface area contributed by atoms with Gasteiger partial charge in [0, 0.05) is 11.5 Å². The quantitative estimate of drug-likeness (QED) is 0.765. The highest BCUT2D eigenvalue weighted by atomic mass is 16.5. The molecule has 24 heavy (non-hydrogen) atoms. The first-order valence-corrected chi connectivity index (χ1v) is 8.12. The Balaban J connectivity index is 1.82. The molecule has 3 rings (SSSR count). The van der Waals surface area contributed by atoms with E-state index in [1.807, 2.05) is 52.0 Å². The zero-order chi connectivity index (χ0) is 17.3. The average Bonchev–Trinajstić information content (AvgIpc) is 3.04. The molecule has 0 aliphatic carbocycles. The van der Waals surface area contributed by atoms with Gasteiger partial charge < -0.3 is 9.84 Å². The number of nitrogens with zero attached hydrogens (tertiary/aromatic N) is 1. The lowest BCUT2D eigenvalue weighted by molar-refractivity contribution is 0.0930. The first-order valence-electron chi connectivity index (χ1n) is 8.12. The number of rotatable bonds is 3. The average molecular weight is 322 g/mol. The van der Waals surface area contributed by atoms with Crippen molar-refractivity contribution in [1.82, 2.24) is 10.5 Å². The molecule has 2 aromatic carbocycles. The van der Waals surface area contributed by atoms with Crippen molar-refractivity contribution in [3.05, 3.63) is 65.5 Å². The summed E-state index contributed by atoms with van der Waals surface area (Å²) in [5, 5.41) is 9.21. The molecule has 0 aliphatic rings. The molecule has 1 aromatic heterocycles. The van der Waals surface area contributed by atoms with Crippen molar-refractivity contribution in [3.63, 3.8) is 0 Å². The number of benzene rings is 2. The van der Waals surface area contributed by atoms with E-state index in [1.54, 1.807) is 6.07 Å². The third-order valence-electron chi connectivity index (χ3n) is 4.12. The van der Waals surface area contributed by atoms with E-state index in [0.29, 0.717) is 11.5 Å². The summed E-state index contributed by atoms with van der Waals surface area (Å²) in [6, 6.07) is 15.9. The van der Waals surface area contributed by atoms with E-state index in [0.717, 1.165) is 16.3 Å². The summed E-state index contributed by atoms with van der Waals surface area (Å²) in [6.07, 6.45) is 0. The third-order valence-corrected chi connectivity index (χ3v) is 4.12. The van der Waals surface area contributed by atoms with Gasteiger partial charge >= 0.3 is 0 Å². The van der Waals surface area contributed by atoms with Gasteiger partial charge in [0.2, 0.25) is 0 Å². The summed E-state index contributed by atoms with van der Waals surface area (Å²) in [7, 11) is 0. The SMILES string of the molecule is CC(NC(=O)c1cc(C(C)(C)C)on1)c1cccc2ccccc12. The summed E-state index contributed by atoms with van der Waals surface area (Å²) in [5.41, 5.74) is 1.22. The Morgan fingerprint density at radius 1 is 1.12 bits per heavy atom. The van der Waals surface area contributed by atoms with E-state index in [9.17, 15) is 4.79 Å². The van der Waals surface area contributed by atoms with Crippen LogP contribution in [-0.2, 0) is 5.41 Å². The molecule has 0 spiro atoms. The van der Waals surface area contributed by atoms with Gasteiger partial charge in [0.1, 0.15) is 5.76 Å². The predicted octanol–water partition coefficient (Wildman–Crippen LogP) is 4.62. The van der Waals surface area contributed by atoms with Gasteiger partial charge in [0.05, 0.1) is 6.04 Å². The normalized spacial score (nSPS) is 13.0.